The molecule has 2 heterocycles. The molecule has 0 amide bonds. The van der Waals surface area contributed by atoms with Crippen LogP contribution in [-0.2, 0) is 6.18 Å². The third kappa shape index (κ3) is 2.28. The number of nitrogens with zero attached hydrogens (tertiary/aromatic N) is 1. The van der Waals surface area contributed by atoms with E-state index in [-0.39, 0.29) is 0 Å². The molecule has 1 aromatic carbocycles. The molecule has 0 radical (unpaired) electrons. The summed E-state index contributed by atoms with van der Waals surface area (Å²) in [6.45, 7) is 3.81. The first-order valence-electron chi connectivity index (χ1n) is 6.13. The summed E-state index contributed by atoms with van der Waals surface area (Å²) in [5.74, 6) is 0.583. The zero-order valence-electron chi connectivity index (χ0n) is 10.4. The number of halogens is 3. The van der Waals surface area contributed by atoms with Crippen LogP contribution in [0.3, 0.4) is 0 Å². The van der Waals surface area contributed by atoms with Crippen LogP contribution < -0.4 is 5.43 Å². The lowest BCUT2D eigenvalue weighted by Crippen LogP contribution is -2.48. The number of H-pyrrole nitrogens is 1. The Morgan fingerprint density at radius 3 is 2.68 bits per heavy atom. The fourth-order valence-electron chi connectivity index (χ4n) is 2.38. The molecule has 102 valence electrons. The van der Waals surface area contributed by atoms with Gasteiger partial charge >= 0.3 is 6.18 Å². The predicted octanol–water partition coefficient (Wildman–Crippen LogP) is 3.47. The quantitative estimate of drug-likeness (QED) is 0.874. The summed E-state index contributed by atoms with van der Waals surface area (Å²) >= 11 is 0. The molecule has 0 atom stereocenters. The van der Waals surface area contributed by atoms with Crippen LogP contribution in [0.1, 0.15) is 12.5 Å². The molecule has 6 heteroatoms. The van der Waals surface area contributed by atoms with E-state index in [1.54, 1.807) is 12.3 Å². The molecule has 19 heavy (non-hydrogen) atoms. The van der Waals surface area contributed by atoms with Gasteiger partial charge in [0.05, 0.1) is 11.3 Å². The van der Waals surface area contributed by atoms with E-state index in [0.29, 0.717) is 17.1 Å². The van der Waals surface area contributed by atoms with E-state index in [0.717, 1.165) is 24.5 Å². The first-order chi connectivity index (χ1) is 8.93. The standard InChI is InChI=1S/C13H14F3N3/c1-8-6-19(7-8)18-12-5-9(13(14,15)16)4-11-10(12)2-3-17-11/h2-5,8,17-18H,6-7H2,1H3. The van der Waals surface area contributed by atoms with Gasteiger partial charge in [-0.2, -0.15) is 13.2 Å². The number of hydrogen-bond donors (Lipinski definition) is 2. The number of aromatic amines is 1. The second-order valence-corrected chi connectivity index (χ2v) is 5.08. The highest BCUT2D eigenvalue weighted by atomic mass is 19.4. The average Bonchev–Trinajstić information content (AvgIpc) is 2.73. The van der Waals surface area contributed by atoms with Gasteiger partial charge in [-0.1, -0.05) is 6.92 Å². The van der Waals surface area contributed by atoms with Crippen molar-refractivity contribution in [3.63, 3.8) is 0 Å². The highest BCUT2D eigenvalue weighted by molar-refractivity contribution is 5.92. The second-order valence-electron chi connectivity index (χ2n) is 5.08. The molecule has 0 unspecified atom stereocenters. The maximum atomic E-state index is 12.8. The van der Waals surface area contributed by atoms with Crippen molar-refractivity contribution in [1.29, 1.82) is 0 Å². The van der Waals surface area contributed by atoms with E-state index >= 15 is 0 Å². The van der Waals surface area contributed by atoms with Crippen LogP contribution in [0.5, 0.6) is 0 Å². The fourth-order valence-corrected chi connectivity index (χ4v) is 2.38. The number of fused-ring (bicyclic) bond motifs is 1. The molecule has 1 fully saturated rings. The van der Waals surface area contributed by atoms with Gasteiger partial charge in [-0.05, 0) is 24.1 Å². The van der Waals surface area contributed by atoms with Crippen molar-refractivity contribution in [2.75, 3.05) is 18.5 Å². The predicted molar refractivity (Wildman–Crippen MR) is 67.7 cm³/mol. The normalized spacial score (nSPS) is 17.7. The number of hydrazine groups is 1. The van der Waals surface area contributed by atoms with Crippen molar-refractivity contribution in [3.8, 4) is 0 Å². The minimum Gasteiger partial charge on any atom is -0.361 e. The molecule has 0 bridgehead atoms. The van der Waals surface area contributed by atoms with Gasteiger partial charge in [-0.3, -0.25) is 0 Å². The Labute approximate surface area is 108 Å². The van der Waals surface area contributed by atoms with Gasteiger partial charge in [-0.25, -0.2) is 5.01 Å². The Morgan fingerprint density at radius 2 is 2.05 bits per heavy atom. The van der Waals surface area contributed by atoms with E-state index in [9.17, 15) is 13.2 Å². The van der Waals surface area contributed by atoms with Crippen LogP contribution in [-0.4, -0.2) is 23.1 Å². The zero-order valence-corrected chi connectivity index (χ0v) is 10.4. The maximum Gasteiger partial charge on any atom is 0.416 e. The van der Waals surface area contributed by atoms with Gasteiger partial charge in [0.15, 0.2) is 0 Å². The smallest absolute Gasteiger partial charge is 0.361 e. The fraction of sp³-hybridized carbons (Fsp3) is 0.385. The molecular weight excluding hydrogens is 255 g/mol. The summed E-state index contributed by atoms with van der Waals surface area (Å²) in [7, 11) is 0. The number of hydrogen-bond acceptors (Lipinski definition) is 2. The summed E-state index contributed by atoms with van der Waals surface area (Å²) in [6.07, 6.45) is -2.69. The molecule has 2 N–H and O–H groups in total. The topological polar surface area (TPSA) is 31.1 Å². The van der Waals surface area contributed by atoms with E-state index in [1.165, 1.54) is 6.07 Å². The SMILES string of the molecule is CC1CN(Nc2cc(C(F)(F)F)cc3[nH]ccc23)C1. The van der Waals surface area contributed by atoms with Gasteiger partial charge in [0, 0.05) is 30.2 Å². The monoisotopic (exact) mass is 269 g/mol. The number of anilines is 1. The van der Waals surface area contributed by atoms with Crippen molar-refractivity contribution in [2.45, 2.75) is 13.1 Å². The third-order valence-corrected chi connectivity index (χ3v) is 3.34. The van der Waals surface area contributed by atoms with Crippen LogP contribution in [0.15, 0.2) is 24.4 Å². The van der Waals surface area contributed by atoms with E-state index in [1.807, 2.05) is 5.01 Å². The number of nitrogens with one attached hydrogen (secondary N) is 2. The molecule has 1 aromatic heterocycles. The van der Waals surface area contributed by atoms with Gasteiger partial charge in [0.1, 0.15) is 0 Å². The van der Waals surface area contributed by atoms with Crippen molar-refractivity contribution in [2.24, 2.45) is 5.92 Å². The Balaban J connectivity index is 1.98. The number of rotatable bonds is 2. The maximum absolute atomic E-state index is 12.8. The van der Waals surface area contributed by atoms with Crippen molar-refractivity contribution < 1.29 is 13.2 Å². The van der Waals surface area contributed by atoms with Crippen LogP contribution in [0.25, 0.3) is 10.9 Å². The molecule has 0 saturated carbocycles. The van der Waals surface area contributed by atoms with E-state index in [2.05, 4.69) is 17.3 Å². The van der Waals surface area contributed by atoms with Gasteiger partial charge in [-0.15, -0.1) is 0 Å². The molecule has 1 aliphatic rings. The largest absolute Gasteiger partial charge is 0.416 e. The van der Waals surface area contributed by atoms with E-state index in [4.69, 9.17) is 0 Å². The molecule has 1 saturated heterocycles. The summed E-state index contributed by atoms with van der Waals surface area (Å²) < 4.78 is 38.5. The van der Waals surface area contributed by atoms with Crippen LogP contribution in [0, 0.1) is 5.92 Å². The average molecular weight is 269 g/mol. The first-order valence-corrected chi connectivity index (χ1v) is 6.13. The lowest BCUT2D eigenvalue weighted by molar-refractivity contribution is -0.137. The number of benzene rings is 1. The van der Waals surface area contributed by atoms with Crippen molar-refractivity contribution >= 4 is 16.6 Å². The minimum atomic E-state index is -4.34. The Bertz CT molecular complexity index is 597. The summed E-state index contributed by atoms with van der Waals surface area (Å²) in [5.41, 5.74) is 3.41. The first kappa shape index (κ1) is 12.3. The summed E-state index contributed by atoms with van der Waals surface area (Å²) in [5, 5.41) is 2.69. The van der Waals surface area contributed by atoms with Gasteiger partial charge < -0.3 is 10.4 Å². The Morgan fingerprint density at radius 1 is 1.32 bits per heavy atom. The lowest BCUT2D eigenvalue weighted by atomic mass is 10.1. The molecule has 0 spiro atoms. The van der Waals surface area contributed by atoms with Gasteiger partial charge in [0.2, 0.25) is 0 Å². The van der Waals surface area contributed by atoms with E-state index < -0.39 is 11.7 Å². The number of alkyl halides is 3. The summed E-state index contributed by atoms with van der Waals surface area (Å²) in [6, 6.07) is 4.08. The summed E-state index contributed by atoms with van der Waals surface area (Å²) in [4.78, 5) is 2.83. The molecule has 3 nitrogen and oxygen atoms in total. The molecular formula is C13H14F3N3. The zero-order chi connectivity index (χ0) is 13.6. The third-order valence-electron chi connectivity index (χ3n) is 3.34. The Hall–Kier alpha value is -1.69. The van der Waals surface area contributed by atoms with Crippen molar-refractivity contribution in [1.82, 2.24) is 9.99 Å². The van der Waals surface area contributed by atoms with Crippen molar-refractivity contribution in [3.05, 3.63) is 30.0 Å². The highest BCUT2D eigenvalue weighted by Crippen LogP contribution is 2.35. The van der Waals surface area contributed by atoms with Crippen LogP contribution in [0.2, 0.25) is 0 Å². The lowest BCUT2D eigenvalue weighted by Gasteiger charge is -2.38. The van der Waals surface area contributed by atoms with Crippen LogP contribution >= 0.6 is 0 Å². The van der Waals surface area contributed by atoms with Gasteiger partial charge in [0.25, 0.3) is 0 Å². The molecule has 1 aliphatic heterocycles. The minimum absolute atomic E-state index is 0.492. The highest BCUT2D eigenvalue weighted by Gasteiger charge is 2.32. The Kier molecular flexibility index (Phi) is 2.70. The molecule has 0 aliphatic carbocycles. The molecule has 2 aromatic rings. The molecule has 3 rings (SSSR count). The van der Waals surface area contributed by atoms with Crippen LogP contribution in [0.4, 0.5) is 18.9 Å². The second kappa shape index (κ2) is 4.16. The number of aromatic nitrogens is 1.